The van der Waals surface area contributed by atoms with Crippen LogP contribution < -0.4 is 15.6 Å². The number of likely N-dealkylation sites (tertiary alicyclic amines) is 1. The lowest BCUT2D eigenvalue weighted by Crippen LogP contribution is -2.48. The molecule has 3 aromatic rings. The van der Waals surface area contributed by atoms with E-state index in [-0.39, 0.29) is 11.5 Å². The molecule has 32 heavy (non-hydrogen) atoms. The van der Waals surface area contributed by atoms with E-state index in [4.69, 9.17) is 4.74 Å². The summed E-state index contributed by atoms with van der Waals surface area (Å²) >= 11 is 0. The van der Waals surface area contributed by atoms with E-state index >= 15 is 0 Å². The van der Waals surface area contributed by atoms with Crippen molar-refractivity contribution >= 4 is 16.8 Å². The lowest BCUT2D eigenvalue weighted by molar-refractivity contribution is 0.0767. The number of carbonyl (C=O) groups excluding carboxylic acids is 1. The molecular formula is C25H26FN3O3. The zero-order chi connectivity index (χ0) is 22.5. The van der Waals surface area contributed by atoms with Gasteiger partial charge in [0.25, 0.3) is 5.91 Å². The molecule has 1 aliphatic carbocycles. The van der Waals surface area contributed by atoms with Crippen molar-refractivity contribution < 1.29 is 13.9 Å². The Morgan fingerprint density at radius 3 is 2.75 bits per heavy atom. The minimum atomic E-state index is -0.626. The number of aromatic nitrogens is 1. The van der Waals surface area contributed by atoms with Crippen LogP contribution in [0.15, 0.2) is 47.3 Å². The van der Waals surface area contributed by atoms with Crippen LogP contribution in [0.4, 0.5) is 4.39 Å². The largest absolute Gasteiger partial charge is 0.492 e. The molecule has 5 rings (SSSR count). The van der Waals surface area contributed by atoms with E-state index in [1.54, 1.807) is 12.1 Å². The second kappa shape index (κ2) is 7.74. The van der Waals surface area contributed by atoms with E-state index in [0.717, 1.165) is 42.3 Å². The molecule has 1 atom stereocenters. The van der Waals surface area contributed by atoms with E-state index in [9.17, 15) is 14.0 Å². The average molecular weight is 435 g/mol. The third-order valence-corrected chi connectivity index (χ3v) is 6.76. The molecule has 1 aliphatic heterocycles. The summed E-state index contributed by atoms with van der Waals surface area (Å²) in [6.07, 6.45) is 2.56. The number of rotatable bonds is 6. The summed E-state index contributed by atoms with van der Waals surface area (Å²) in [6, 6.07) is 11.8. The Labute approximate surface area is 185 Å². The normalized spacial score (nSPS) is 19.4. The molecule has 1 amide bonds. The van der Waals surface area contributed by atoms with Crippen molar-refractivity contribution in [1.29, 1.82) is 0 Å². The van der Waals surface area contributed by atoms with E-state index in [2.05, 4.69) is 22.2 Å². The van der Waals surface area contributed by atoms with E-state index in [1.165, 1.54) is 18.2 Å². The molecule has 2 aliphatic rings. The Kier molecular flexibility index (Phi) is 5.01. The van der Waals surface area contributed by atoms with Crippen molar-refractivity contribution in [3.63, 3.8) is 0 Å². The van der Waals surface area contributed by atoms with Crippen molar-refractivity contribution in [2.24, 2.45) is 0 Å². The van der Waals surface area contributed by atoms with Gasteiger partial charge in [-0.05, 0) is 81.2 Å². The minimum Gasteiger partial charge on any atom is -0.492 e. The molecule has 0 spiro atoms. The molecule has 0 bridgehead atoms. The van der Waals surface area contributed by atoms with Gasteiger partial charge >= 0.3 is 0 Å². The summed E-state index contributed by atoms with van der Waals surface area (Å²) < 4.78 is 19.6. The zero-order valence-corrected chi connectivity index (χ0v) is 18.2. The smallest absolute Gasteiger partial charge is 0.252 e. The molecule has 0 radical (unpaired) electrons. The van der Waals surface area contributed by atoms with Gasteiger partial charge in [0.05, 0.1) is 11.1 Å². The van der Waals surface area contributed by atoms with Crippen molar-refractivity contribution in [2.75, 3.05) is 20.2 Å². The second-order valence-electron chi connectivity index (χ2n) is 8.98. The topological polar surface area (TPSA) is 74.4 Å². The number of halogens is 1. The number of aromatic amines is 1. The molecule has 2 heterocycles. The van der Waals surface area contributed by atoms with Gasteiger partial charge in [-0.25, -0.2) is 4.39 Å². The third kappa shape index (κ3) is 3.77. The standard InChI is InChI=1S/C25H26FN3O3/c1-15-3-5-18(32-14-17-7-10-29(17)2)12-20(15)24(31)28-25(8-9-25)21-13-23(30)27-22-11-16(26)4-6-19(21)22/h3-6,11-13,17H,7-10,14H2,1-2H3,(H,27,30)(H,28,31). The zero-order valence-electron chi connectivity index (χ0n) is 18.2. The summed E-state index contributed by atoms with van der Waals surface area (Å²) in [6.45, 7) is 3.57. The average Bonchev–Trinajstić information content (AvgIpc) is 3.53. The summed E-state index contributed by atoms with van der Waals surface area (Å²) in [4.78, 5) is 30.4. The maximum absolute atomic E-state index is 13.7. The highest BCUT2D eigenvalue weighted by atomic mass is 19.1. The molecular weight excluding hydrogens is 409 g/mol. The van der Waals surface area contributed by atoms with E-state index < -0.39 is 11.4 Å². The van der Waals surface area contributed by atoms with Gasteiger partial charge in [-0.15, -0.1) is 0 Å². The molecule has 7 heteroatoms. The van der Waals surface area contributed by atoms with Crippen LogP contribution in [-0.4, -0.2) is 42.0 Å². The number of H-pyrrole nitrogens is 1. The summed E-state index contributed by atoms with van der Waals surface area (Å²) in [7, 11) is 2.08. The Balaban J connectivity index is 1.40. The molecule has 1 saturated carbocycles. The molecule has 2 aromatic carbocycles. The third-order valence-electron chi connectivity index (χ3n) is 6.76. The van der Waals surface area contributed by atoms with Crippen LogP contribution in [0.25, 0.3) is 10.9 Å². The second-order valence-corrected chi connectivity index (χ2v) is 8.98. The number of aryl methyl sites for hydroxylation is 1. The molecule has 1 unspecified atom stereocenters. The number of nitrogens with zero attached hydrogens (tertiary/aromatic N) is 1. The van der Waals surface area contributed by atoms with E-state index in [0.29, 0.717) is 29.5 Å². The highest BCUT2D eigenvalue weighted by Gasteiger charge is 2.47. The fourth-order valence-corrected chi connectivity index (χ4v) is 4.41. The van der Waals surface area contributed by atoms with Crippen LogP contribution in [-0.2, 0) is 5.54 Å². The number of carbonyl (C=O) groups is 1. The Morgan fingerprint density at radius 2 is 2.06 bits per heavy atom. The van der Waals surface area contributed by atoms with Gasteiger partial charge in [-0.2, -0.15) is 0 Å². The molecule has 1 aromatic heterocycles. The number of hydrogen-bond donors (Lipinski definition) is 2. The van der Waals surface area contributed by atoms with Gasteiger partial charge in [-0.3, -0.25) is 14.5 Å². The highest BCUT2D eigenvalue weighted by Crippen LogP contribution is 2.47. The fraction of sp³-hybridized carbons (Fsp3) is 0.360. The van der Waals surface area contributed by atoms with Crippen LogP contribution in [0.2, 0.25) is 0 Å². The van der Waals surface area contributed by atoms with Crippen molar-refractivity contribution in [2.45, 2.75) is 37.8 Å². The fourth-order valence-electron chi connectivity index (χ4n) is 4.41. The Hall–Kier alpha value is -3.19. The van der Waals surface area contributed by atoms with Crippen molar-refractivity contribution in [3.05, 3.63) is 75.3 Å². The molecule has 166 valence electrons. The Morgan fingerprint density at radius 1 is 1.25 bits per heavy atom. The number of amides is 1. The lowest BCUT2D eigenvalue weighted by Gasteiger charge is -2.37. The lowest BCUT2D eigenvalue weighted by atomic mass is 9.98. The first kappa shape index (κ1) is 20.7. The quantitative estimate of drug-likeness (QED) is 0.622. The van der Waals surface area contributed by atoms with Crippen LogP contribution in [0.3, 0.4) is 0 Å². The first-order valence-electron chi connectivity index (χ1n) is 10.9. The summed E-state index contributed by atoms with van der Waals surface area (Å²) in [5.74, 6) is 0.0458. The number of benzene rings is 2. The summed E-state index contributed by atoms with van der Waals surface area (Å²) in [5, 5.41) is 3.89. The number of ether oxygens (including phenoxy) is 1. The van der Waals surface area contributed by atoms with E-state index in [1.807, 2.05) is 19.1 Å². The molecule has 2 N–H and O–H groups in total. The maximum Gasteiger partial charge on any atom is 0.252 e. The highest BCUT2D eigenvalue weighted by molar-refractivity contribution is 5.97. The number of likely N-dealkylation sites (N-methyl/N-ethyl adjacent to an activating group) is 1. The van der Waals surface area contributed by atoms with Crippen LogP contribution in [0.1, 0.15) is 40.7 Å². The van der Waals surface area contributed by atoms with Gasteiger partial charge in [0, 0.05) is 23.1 Å². The van der Waals surface area contributed by atoms with Gasteiger partial charge in [0.2, 0.25) is 5.56 Å². The first-order valence-corrected chi connectivity index (χ1v) is 10.9. The molecule has 2 fully saturated rings. The molecule has 6 nitrogen and oxygen atoms in total. The summed E-state index contributed by atoms with van der Waals surface area (Å²) in [5.41, 5.74) is 1.62. The predicted molar refractivity (Wildman–Crippen MR) is 121 cm³/mol. The molecule has 1 saturated heterocycles. The monoisotopic (exact) mass is 435 g/mol. The van der Waals surface area contributed by atoms with Gasteiger partial charge in [0.1, 0.15) is 18.2 Å². The van der Waals surface area contributed by atoms with Crippen molar-refractivity contribution in [1.82, 2.24) is 15.2 Å². The maximum atomic E-state index is 13.7. The predicted octanol–water partition coefficient (Wildman–Crippen LogP) is 3.48. The number of pyridine rings is 1. The van der Waals surface area contributed by atoms with Gasteiger partial charge in [-0.1, -0.05) is 6.07 Å². The van der Waals surface area contributed by atoms with Crippen LogP contribution >= 0.6 is 0 Å². The number of fused-ring (bicyclic) bond motifs is 1. The van der Waals surface area contributed by atoms with Crippen LogP contribution in [0.5, 0.6) is 5.75 Å². The van der Waals surface area contributed by atoms with Crippen LogP contribution in [0, 0.1) is 12.7 Å². The SMILES string of the molecule is Cc1ccc(OCC2CCN2C)cc1C(=O)NC1(c2cc(=O)[nH]c3cc(F)ccc23)CC1. The van der Waals surface area contributed by atoms with Crippen molar-refractivity contribution in [3.8, 4) is 5.75 Å². The first-order chi connectivity index (χ1) is 15.3. The van der Waals surface area contributed by atoms with Gasteiger partial charge < -0.3 is 15.0 Å². The number of nitrogens with one attached hydrogen (secondary N) is 2. The minimum absolute atomic E-state index is 0.207. The van der Waals surface area contributed by atoms with Gasteiger partial charge in [0.15, 0.2) is 0 Å². The Bertz CT molecular complexity index is 1270. The number of hydrogen-bond acceptors (Lipinski definition) is 4.